The zero-order valence-corrected chi connectivity index (χ0v) is 14.5. The van der Waals surface area contributed by atoms with Crippen LogP contribution in [0.15, 0.2) is 40.8 Å². The second-order valence-electron chi connectivity index (χ2n) is 7.09. The first-order valence-electron chi connectivity index (χ1n) is 8.93. The maximum Gasteiger partial charge on any atom is 0.227 e. The monoisotopic (exact) mass is 342 g/mol. The van der Waals surface area contributed by atoms with Crippen LogP contribution in [0, 0.1) is 12.7 Å². The standard InChI is InChI=1S/C20H23FN2O2/c1-14-5-6-17(25-14)13-22-9-7-19-18(22)8-10-23(19)20(24)12-15-3-2-4-16(21)11-15/h2-6,11,18-19H,7-10,12-13H2,1H3/t18-,19-/m0/s1. The molecule has 0 saturated carbocycles. The molecule has 0 N–H and O–H groups in total. The van der Waals surface area contributed by atoms with Crippen molar-refractivity contribution in [2.75, 3.05) is 13.1 Å². The number of rotatable bonds is 4. The van der Waals surface area contributed by atoms with Crippen LogP contribution in [0.1, 0.15) is 29.9 Å². The maximum atomic E-state index is 13.3. The summed E-state index contributed by atoms with van der Waals surface area (Å²) in [7, 11) is 0. The molecule has 1 aromatic heterocycles. The van der Waals surface area contributed by atoms with E-state index in [2.05, 4.69) is 4.90 Å². The van der Waals surface area contributed by atoms with Gasteiger partial charge in [0.15, 0.2) is 0 Å². The zero-order chi connectivity index (χ0) is 17.4. The second-order valence-corrected chi connectivity index (χ2v) is 7.09. The number of carbonyl (C=O) groups is 1. The lowest BCUT2D eigenvalue weighted by Crippen LogP contribution is -2.40. The van der Waals surface area contributed by atoms with Crippen molar-refractivity contribution in [1.29, 1.82) is 0 Å². The quantitative estimate of drug-likeness (QED) is 0.856. The van der Waals surface area contributed by atoms with Gasteiger partial charge in [0.2, 0.25) is 5.91 Å². The zero-order valence-electron chi connectivity index (χ0n) is 14.5. The molecule has 0 radical (unpaired) electrons. The highest BCUT2D eigenvalue weighted by molar-refractivity contribution is 5.79. The van der Waals surface area contributed by atoms with Gasteiger partial charge in [0.25, 0.3) is 0 Å². The maximum absolute atomic E-state index is 13.3. The van der Waals surface area contributed by atoms with Gasteiger partial charge in [0, 0.05) is 25.2 Å². The number of hydrogen-bond acceptors (Lipinski definition) is 3. The van der Waals surface area contributed by atoms with Crippen molar-refractivity contribution >= 4 is 5.91 Å². The molecule has 2 atom stereocenters. The SMILES string of the molecule is Cc1ccc(CN2CC[C@H]3[C@@H]2CCN3C(=O)Cc2cccc(F)c2)o1. The van der Waals surface area contributed by atoms with E-state index in [4.69, 9.17) is 4.42 Å². The summed E-state index contributed by atoms with van der Waals surface area (Å²) in [5.74, 6) is 1.74. The third-order valence-corrected chi connectivity index (χ3v) is 5.41. The molecule has 2 saturated heterocycles. The molecule has 1 amide bonds. The summed E-state index contributed by atoms with van der Waals surface area (Å²) in [5, 5.41) is 0. The Hall–Kier alpha value is -2.14. The first kappa shape index (κ1) is 16.3. The van der Waals surface area contributed by atoms with Crippen molar-refractivity contribution in [2.45, 2.75) is 44.8 Å². The normalized spacial score (nSPS) is 23.2. The van der Waals surface area contributed by atoms with Crippen molar-refractivity contribution in [2.24, 2.45) is 0 Å². The number of nitrogens with zero attached hydrogens (tertiary/aromatic N) is 2. The molecule has 0 aliphatic carbocycles. The minimum Gasteiger partial charge on any atom is -0.465 e. The molecule has 2 aliphatic rings. The molecule has 1 aromatic carbocycles. The van der Waals surface area contributed by atoms with Gasteiger partial charge in [-0.3, -0.25) is 9.69 Å². The van der Waals surface area contributed by atoms with Crippen LogP contribution >= 0.6 is 0 Å². The molecule has 3 heterocycles. The Kier molecular flexibility index (Phi) is 4.34. The summed E-state index contributed by atoms with van der Waals surface area (Å²) in [4.78, 5) is 17.1. The van der Waals surface area contributed by atoms with Crippen LogP contribution in [0.25, 0.3) is 0 Å². The Morgan fingerprint density at radius 2 is 2.04 bits per heavy atom. The molecular formula is C20H23FN2O2. The van der Waals surface area contributed by atoms with Gasteiger partial charge >= 0.3 is 0 Å². The number of amides is 1. The third kappa shape index (κ3) is 3.33. The lowest BCUT2D eigenvalue weighted by Gasteiger charge is -2.25. The molecule has 2 fully saturated rings. The Balaban J connectivity index is 1.40. The number of fused-ring (bicyclic) bond motifs is 1. The first-order chi connectivity index (χ1) is 12.1. The summed E-state index contributed by atoms with van der Waals surface area (Å²) in [6.07, 6.45) is 2.27. The van der Waals surface area contributed by atoms with E-state index in [1.165, 1.54) is 12.1 Å². The van der Waals surface area contributed by atoms with Crippen LogP contribution in [0.2, 0.25) is 0 Å². The van der Waals surface area contributed by atoms with Gasteiger partial charge in [0.1, 0.15) is 17.3 Å². The van der Waals surface area contributed by atoms with E-state index in [9.17, 15) is 9.18 Å². The van der Waals surface area contributed by atoms with Crippen LogP contribution in [-0.4, -0.2) is 40.9 Å². The van der Waals surface area contributed by atoms with E-state index in [0.29, 0.717) is 6.04 Å². The number of likely N-dealkylation sites (tertiary alicyclic amines) is 2. The summed E-state index contributed by atoms with van der Waals surface area (Å²) in [6, 6.07) is 11.0. The van der Waals surface area contributed by atoms with Gasteiger partial charge in [-0.25, -0.2) is 4.39 Å². The Morgan fingerprint density at radius 1 is 1.20 bits per heavy atom. The van der Waals surface area contributed by atoms with Crippen molar-refractivity contribution in [3.05, 3.63) is 59.3 Å². The van der Waals surface area contributed by atoms with Crippen molar-refractivity contribution < 1.29 is 13.6 Å². The molecule has 4 nitrogen and oxygen atoms in total. The lowest BCUT2D eigenvalue weighted by atomic mass is 10.1. The predicted octanol–water partition coefficient (Wildman–Crippen LogP) is 3.15. The molecule has 0 bridgehead atoms. The summed E-state index contributed by atoms with van der Waals surface area (Å²) < 4.78 is 19.0. The molecule has 5 heteroatoms. The number of carbonyl (C=O) groups excluding carboxylic acids is 1. The molecule has 4 rings (SSSR count). The number of hydrogen-bond donors (Lipinski definition) is 0. The van der Waals surface area contributed by atoms with Crippen molar-refractivity contribution in [3.8, 4) is 0 Å². The predicted molar refractivity (Wildman–Crippen MR) is 92.5 cm³/mol. The fourth-order valence-corrected chi connectivity index (χ4v) is 4.27. The van der Waals surface area contributed by atoms with E-state index >= 15 is 0 Å². The van der Waals surface area contributed by atoms with Gasteiger partial charge in [-0.1, -0.05) is 12.1 Å². The van der Waals surface area contributed by atoms with Crippen LogP contribution in [0.5, 0.6) is 0 Å². The Labute approximate surface area is 147 Å². The number of furan rings is 1. The van der Waals surface area contributed by atoms with Gasteiger partial charge in [-0.2, -0.15) is 0 Å². The van der Waals surface area contributed by atoms with E-state index in [1.54, 1.807) is 6.07 Å². The van der Waals surface area contributed by atoms with Gasteiger partial charge in [0.05, 0.1) is 13.0 Å². The molecule has 25 heavy (non-hydrogen) atoms. The van der Waals surface area contributed by atoms with E-state index in [-0.39, 0.29) is 24.2 Å². The Bertz CT molecular complexity index is 773. The molecule has 0 spiro atoms. The Morgan fingerprint density at radius 3 is 2.80 bits per heavy atom. The van der Waals surface area contributed by atoms with Crippen LogP contribution < -0.4 is 0 Å². The average molecular weight is 342 g/mol. The van der Waals surface area contributed by atoms with Gasteiger partial charge < -0.3 is 9.32 Å². The largest absolute Gasteiger partial charge is 0.465 e. The first-order valence-corrected chi connectivity index (χ1v) is 8.93. The highest BCUT2D eigenvalue weighted by Crippen LogP contribution is 2.33. The fraction of sp³-hybridized carbons (Fsp3) is 0.450. The summed E-state index contributed by atoms with van der Waals surface area (Å²) in [6.45, 7) is 4.54. The van der Waals surface area contributed by atoms with Crippen LogP contribution in [0.3, 0.4) is 0 Å². The molecule has 2 aliphatic heterocycles. The molecule has 2 aromatic rings. The number of aryl methyl sites for hydroxylation is 1. The van der Waals surface area contributed by atoms with Crippen LogP contribution in [-0.2, 0) is 17.8 Å². The van der Waals surface area contributed by atoms with Gasteiger partial charge in [-0.05, 0) is 49.6 Å². The number of benzene rings is 1. The molecule has 132 valence electrons. The second kappa shape index (κ2) is 6.64. The minimum absolute atomic E-state index is 0.105. The smallest absolute Gasteiger partial charge is 0.227 e. The summed E-state index contributed by atoms with van der Waals surface area (Å²) in [5.41, 5.74) is 0.745. The lowest BCUT2D eigenvalue weighted by molar-refractivity contribution is -0.131. The molecular weight excluding hydrogens is 319 g/mol. The topological polar surface area (TPSA) is 36.7 Å². The van der Waals surface area contributed by atoms with E-state index in [1.807, 2.05) is 30.0 Å². The van der Waals surface area contributed by atoms with Crippen LogP contribution in [0.4, 0.5) is 4.39 Å². The van der Waals surface area contributed by atoms with Crippen molar-refractivity contribution in [1.82, 2.24) is 9.80 Å². The highest BCUT2D eigenvalue weighted by atomic mass is 19.1. The minimum atomic E-state index is -0.287. The number of halogens is 1. The van der Waals surface area contributed by atoms with E-state index in [0.717, 1.165) is 49.6 Å². The summed E-state index contributed by atoms with van der Waals surface area (Å²) >= 11 is 0. The average Bonchev–Trinajstić information content (AvgIpc) is 3.25. The molecule has 0 unspecified atom stereocenters. The third-order valence-electron chi connectivity index (χ3n) is 5.41. The van der Waals surface area contributed by atoms with Gasteiger partial charge in [-0.15, -0.1) is 0 Å². The highest BCUT2D eigenvalue weighted by Gasteiger charge is 2.44. The van der Waals surface area contributed by atoms with Crippen molar-refractivity contribution in [3.63, 3.8) is 0 Å². The fourth-order valence-electron chi connectivity index (χ4n) is 4.27. The van der Waals surface area contributed by atoms with E-state index < -0.39 is 0 Å².